The molecule has 7 heteroatoms. The van der Waals surface area contributed by atoms with Gasteiger partial charge >= 0.3 is 12.1 Å². The third-order valence-electron chi connectivity index (χ3n) is 1.77. The fourth-order valence-electron chi connectivity index (χ4n) is 1.05. The van der Waals surface area contributed by atoms with Gasteiger partial charge in [-0.25, -0.2) is 0 Å². The highest BCUT2D eigenvalue weighted by Gasteiger charge is 2.38. The summed E-state index contributed by atoms with van der Waals surface area (Å²) < 4.78 is 41.6. The summed E-state index contributed by atoms with van der Waals surface area (Å²) in [5.74, 6) is -1.40. The minimum Gasteiger partial charge on any atom is -0.329 e. The van der Waals surface area contributed by atoms with Crippen molar-refractivity contribution < 1.29 is 17.7 Å². The second kappa shape index (κ2) is 4.04. The first kappa shape index (κ1) is 11.4. The first-order chi connectivity index (χ1) is 7.47. The lowest BCUT2D eigenvalue weighted by atomic mass is 10.2. The molecule has 84 valence electrons. The smallest absolute Gasteiger partial charge is 0.329 e. The molecule has 3 nitrogen and oxygen atoms in total. The number of aromatic nitrogens is 2. The molecule has 1 aromatic carbocycles. The van der Waals surface area contributed by atoms with Crippen molar-refractivity contribution in [3.05, 3.63) is 33.7 Å². The van der Waals surface area contributed by atoms with Gasteiger partial charge in [0.1, 0.15) is 0 Å². The van der Waals surface area contributed by atoms with Crippen LogP contribution in [0.1, 0.15) is 5.89 Å². The molecule has 0 saturated heterocycles. The van der Waals surface area contributed by atoms with Crippen LogP contribution in [0.4, 0.5) is 13.2 Å². The maximum atomic E-state index is 12.2. The molecule has 0 aliphatic heterocycles. The molecule has 16 heavy (non-hydrogen) atoms. The van der Waals surface area contributed by atoms with Crippen molar-refractivity contribution in [1.82, 2.24) is 10.1 Å². The molecular weight excluding hydrogens is 336 g/mol. The lowest BCUT2D eigenvalue weighted by molar-refractivity contribution is -0.159. The molecule has 0 spiro atoms. The Bertz CT molecular complexity index is 492. The molecule has 0 unspecified atom stereocenters. The molecule has 2 aromatic rings. The van der Waals surface area contributed by atoms with Crippen molar-refractivity contribution in [1.29, 1.82) is 0 Å². The molecule has 0 aliphatic carbocycles. The number of hydrogen-bond donors (Lipinski definition) is 0. The average Bonchev–Trinajstić information content (AvgIpc) is 2.67. The highest BCUT2D eigenvalue weighted by Crippen LogP contribution is 2.29. The Labute approximate surface area is 102 Å². The van der Waals surface area contributed by atoms with Gasteiger partial charge in [-0.05, 0) is 34.7 Å². The van der Waals surface area contributed by atoms with Crippen molar-refractivity contribution in [3.8, 4) is 11.4 Å². The van der Waals surface area contributed by atoms with Crippen LogP contribution in [0.3, 0.4) is 0 Å². The van der Waals surface area contributed by atoms with Gasteiger partial charge in [-0.1, -0.05) is 17.3 Å². The minimum atomic E-state index is -4.60. The summed E-state index contributed by atoms with van der Waals surface area (Å²) in [7, 11) is 0. The van der Waals surface area contributed by atoms with E-state index in [0.29, 0.717) is 5.56 Å². The minimum absolute atomic E-state index is 0.0660. The summed E-state index contributed by atoms with van der Waals surface area (Å²) in [4.78, 5) is 3.28. The molecule has 2 rings (SSSR count). The van der Waals surface area contributed by atoms with Gasteiger partial charge in [-0.3, -0.25) is 0 Å². The Morgan fingerprint density at radius 2 is 1.75 bits per heavy atom. The van der Waals surface area contributed by atoms with Crippen molar-refractivity contribution in [2.75, 3.05) is 0 Å². The van der Waals surface area contributed by atoms with E-state index in [4.69, 9.17) is 0 Å². The highest BCUT2D eigenvalue weighted by atomic mass is 127. The summed E-state index contributed by atoms with van der Waals surface area (Å²) in [5, 5.41) is 3.27. The predicted octanol–water partition coefficient (Wildman–Crippen LogP) is 3.36. The Kier molecular flexibility index (Phi) is 2.87. The normalized spacial score (nSPS) is 11.8. The van der Waals surface area contributed by atoms with Crippen LogP contribution in [0.25, 0.3) is 11.4 Å². The standard InChI is InChI=1S/C9H4F3IN2O/c10-9(11,12)8-14-7(15-16-8)5-1-3-6(13)4-2-5/h1-4H. The molecule has 0 radical (unpaired) electrons. The summed E-state index contributed by atoms with van der Waals surface area (Å²) in [6.07, 6.45) is -4.60. The van der Waals surface area contributed by atoms with Gasteiger partial charge in [0, 0.05) is 9.13 Å². The van der Waals surface area contributed by atoms with Gasteiger partial charge in [0.05, 0.1) is 0 Å². The Morgan fingerprint density at radius 3 is 2.25 bits per heavy atom. The Balaban J connectivity index is 2.35. The van der Waals surface area contributed by atoms with Crippen LogP contribution < -0.4 is 0 Å². The third-order valence-corrected chi connectivity index (χ3v) is 2.49. The largest absolute Gasteiger partial charge is 0.471 e. The lowest BCUT2D eigenvalue weighted by Crippen LogP contribution is -2.04. The topological polar surface area (TPSA) is 38.9 Å². The second-order valence-corrected chi connectivity index (χ2v) is 4.17. The van der Waals surface area contributed by atoms with E-state index in [1.807, 2.05) is 0 Å². The van der Waals surface area contributed by atoms with Crippen molar-refractivity contribution in [2.45, 2.75) is 6.18 Å². The number of alkyl halides is 3. The highest BCUT2D eigenvalue weighted by molar-refractivity contribution is 14.1. The van der Waals surface area contributed by atoms with Crippen LogP contribution in [-0.4, -0.2) is 10.1 Å². The quantitative estimate of drug-likeness (QED) is 0.748. The molecule has 0 atom stereocenters. The fraction of sp³-hybridized carbons (Fsp3) is 0.111. The van der Waals surface area contributed by atoms with Gasteiger partial charge < -0.3 is 4.52 Å². The van der Waals surface area contributed by atoms with Crippen molar-refractivity contribution in [3.63, 3.8) is 0 Å². The van der Waals surface area contributed by atoms with Crippen LogP contribution in [0.5, 0.6) is 0 Å². The molecule has 0 bridgehead atoms. The van der Waals surface area contributed by atoms with E-state index in [1.165, 1.54) is 0 Å². The number of halogens is 4. The van der Waals surface area contributed by atoms with Gasteiger partial charge in [0.25, 0.3) is 0 Å². The van der Waals surface area contributed by atoms with E-state index in [2.05, 4.69) is 37.3 Å². The molecule has 0 aliphatic rings. The molecule has 0 N–H and O–H groups in total. The van der Waals surface area contributed by atoms with Crippen LogP contribution in [0.15, 0.2) is 28.8 Å². The Morgan fingerprint density at radius 1 is 1.12 bits per heavy atom. The predicted molar refractivity (Wildman–Crippen MR) is 57.5 cm³/mol. The summed E-state index contributed by atoms with van der Waals surface area (Å²) >= 11 is 2.09. The fourth-order valence-corrected chi connectivity index (χ4v) is 1.41. The van der Waals surface area contributed by atoms with Crippen LogP contribution in [0.2, 0.25) is 0 Å². The number of nitrogens with zero attached hydrogens (tertiary/aromatic N) is 2. The monoisotopic (exact) mass is 340 g/mol. The second-order valence-electron chi connectivity index (χ2n) is 2.93. The van der Waals surface area contributed by atoms with Crippen molar-refractivity contribution in [2.24, 2.45) is 0 Å². The molecule has 1 heterocycles. The summed E-state index contributed by atoms with van der Waals surface area (Å²) in [6, 6.07) is 6.76. The average molecular weight is 340 g/mol. The van der Waals surface area contributed by atoms with E-state index in [9.17, 15) is 13.2 Å². The van der Waals surface area contributed by atoms with Gasteiger partial charge in [-0.2, -0.15) is 18.2 Å². The first-order valence-corrected chi connectivity index (χ1v) is 5.21. The van der Waals surface area contributed by atoms with Crippen LogP contribution in [-0.2, 0) is 6.18 Å². The Hall–Kier alpha value is -1.12. The van der Waals surface area contributed by atoms with E-state index < -0.39 is 12.1 Å². The third kappa shape index (κ3) is 2.34. The van der Waals surface area contributed by atoms with E-state index >= 15 is 0 Å². The van der Waals surface area contributed by atoms with Gasteiger partial charge in [-0.15, -0.1) is 0 Å². The number of hydrogen-bond acceptors (Lipinski definition) is 3. The molecule has 0 fully saturated rings. The maximum absolute atomic E-state index is 12.2. The summed E-state index contributed by atoms with van der Waals surface area (Å²) in [6.45, 7) is 0. The maximum Gasteiger partial charge on any atom is 0.471 e. The molecule has 0 saturated carbocycles. The zero-order valence-corrected chi connectivity index (χ0v) is 9.78. The van der Waals surface area contributed by atoms with Crippen LogP contribution >= 0.6 is 22.6 Å². The van der Waals surface area contributed by atoms with Gasteiger partial charge in [0.2, 0.25) is 5.82 Å². The SMILES string of the molecule is FC(F)(F)c1nc(-c2ccc(I)cc2)no1. The van der Waals surface area contributed by atoms with E-state index in [1.54, 1.807) is 24.3 Å². The molecule has 1 aromatic heterocycles. The van der Waals surface area contributed by atoms with Crippen LogP contribution in [0, 0.1) is 3.57 Å². The van der Waals surface area contributed by atoms with Crippen molar-refractivity contribution >= 4 is 22.6 Å². The first-order valence-electron chi connectivity index (χ1n) is 4.13. The molecular formula is C9H4F3IN2O. The lowest BCUT2D eigenvalue weighted by Gasteiger charge is -1.96. The zero-order chi connectivity index (χ0) is 11.8. The zero-order valence-electron chi connectivity index (χ0n) is 7.62. The van der Waals surface area contributed by atoms with E-state index in [0.717, 1.165) is 3.57 Å². The van der Waals surface area contributed by atoms with E-state index in [-0.39, 0.29) is 5.82 Å². The molecule has 0 amide bonds. The number of rotatable bonds is 1. The summed E-state index contributed by atoms with van der Waals surface area (Å²) in [5.41, 5.74) is 0.486. The number of benzene rings is 1. The van der Waals surface area contributed by atoms with Gasteiger partial charge in [0.15, 0.2) is 0 Å².